The Morgan fingerprint density at radius 1 is 0.969 bits per heavy atom. The Morgan fingerprint density at radius 3 is 2.25 bits per heavy atom. The Balaban J connectivity index is 1.73. The Hall–Kier alpha value is -2.76. The first kappa shape index (κ1) is 25.5. The van der Waals surface area contributed by atoms with E-state index in [9.17, 15) is 9.59 Å². The number of benzene rings is 1. The normalized spacial score (nSPS) is 16.8. The van der Waals surface area contributed by atoms with Crippen LogP contribution < -0.4 is 4.74 Å². The quantitative estimate of drug-likeness (QED) is 0.162. The molecular weight excluding hydrogens is 408 g/mol. The second kappa shape index (κ2) is 13.6. The second-order valence-corrected chi connectivity index (χ2v) is 8.29. The van der Waals surface area contributed by atoms with E-state index in [0.29, 0.717) is 18.6 Å². The molecule has 0 saturated carbocycles. The summed E-state index contributed by atoms with van der Waals surface area (Å²) < 4.78 is 11.6. The van der Waals surface area contributed by atoms with Crippen molar-refractivity contribution in [1.82, 2.24) is 0 Å². The third-order valence-electron chi connectivity index (χ3n) is 5.41. The summed E-state index contributed by atoms with van der Waals surface area (Å²) in [5.74, 6) is -0.359. The molecule has 1 atom stereocenters. The van der Waals surface area contributed by atoms with Crippen molar-refractivity contribution in [2.45, 2.75) is 91.3 Å². The topological polar surface area (TPSA) is 71.1 Å². The first-order valence-electron chi connectivity index (χ1n) is 11.6. The molecule has 0 aromatic heterocycles. The molecular formula is C26H36O6. The van der Waals surface area contributed by atoms with Gasteiger partial charge in [-0.05, 0) is 44.4 Å². The number of hydrogen-bond acceptors (Lipinski definition) is 6. The number of allylic oxidation sites excluding steroid dienone is 1. The van der Waals surface area contributed by atoms with Gasteiger partial charge in [0, 0.05) is 18.4 Å². The number of unbranched alkanes of at least 4 members (excludes halogenated alkanes) is 6. The molecule has 1 fully saturated rings. The zero-order valence-corrected chi connectivity index (χ0v) is 19.6. The Morgan fingerprint density at radius 2 is 1.59 bits per heavy atom. The maximum absolute atomic E-state index is 12.0. The average Bonchev–Trinajstić information content (AvgIpc) is 3.25. The van der Waals surface area contributed by atoms with Crippen LogP contribution in [0.25, 0.3) is 0 Å². The summed E-state index contributed by atoms with van der Waals surface area (Å²) in [5.41, 5.74) is 1.69. The van der Waals surface area contributed by atoms with E-state index in [0.717, 1.165) is 12.2 Å². The molecule has 1 aromatic carbocycles. The standard InChI is InChI=1S/C26H36O6/c1-5-6-7-8-9-10-11-12-21-13-15-22(16-14-21)29-24-18-17-23(30-24)20(4)26(28)32-31-25(27)19(2)3/h13-16,24H,2,5-12,17-18H2,1,3-4H3/b23-20-. The summed E-state index contributed by atoms with van der Waals surface area (Å²) in [6.45, 7) is 8.69. The lowest BCUT2D eigenvalue weighted by Crippen LogP contribution is -2.16. The molecule has 1 unspecified atom stereocenters. The number of aryl methyl sites for hydroxylation is 1. The van der Waals surface area contributed by atoms with Gasteiger partial charge >= 0.3 is 11.9 Å². The van der Waals surface area contributed by atoms with Crippen LogP contribution in [0.4, 0.5) is 0 Å². The van der Waals surface area contributed by atoms with Gasteiger partial charge in [0.05, 0.1) is 5.57 Å². The van der Waals surface area contributed by atoms with Crippen LogP contribution in [0.2, 0.25) is 0 Å². The van der Waals surface area contributed by atoms with Crippen molar-refractivity contribution < 1.29 is 28.8 Å². The van der Waals surface area contributed by atoms with Crippen LogP contribution in [-0.4, -0.2) is 18.2 Å². The summed E-state index contributed by atoms with van der Waals surface area (Å²) in [6, 6.07) is 8.10. The highest BCUT2D eigenvalue weighted by Gasteiger charge is 2.27. The molecule has 1 saturated heterocycles. The highest BCUT2D eigenvalue weighted by Crippen LogP contribution is 2.29. The first-order chi connectivity index (χ1) is 15.4. The Labute approximate surface area is 191 Å². The van der Waals surface area contributed by atoms with E-state index in [-0.39, 0.29) is 11.1 Å². The fourth-order valence-corrected chi connectivity index (χ4v) is 3.38. The number of hydrogen-bond donors (Lipinski definition) is 0. The van der Waals surface area contributed by atoms with E-state index in [2.05, 4.69) is 35.4 Å². The van der Waals surface area contributed by atoms with Crippen LogP contribution >= 0.6 is 0 Å². The third-order valence-corrected chi connectivity index (χ3v) is 5.41. The van der Waals surface area contributed by atoms with Crippen molar-refractivity contribution >= 4 is 11.9 Å². The summed E-state index contributed by atoms with van der Waals surface area (Å²) in [6.07, 6.45) is 10.9. The zero-order chi connectivity index (χ0) is 23.3. The molecule has 6 nitrogen and oxygen atoms in total. The molecule has 176 valence electrons. The van der Waals surface area contributed by atoms with Crippen molar-refractivity contribution in [1.29, 1.82) is 0 Å². The fourth-order valence-electron chi connectivity index (χ4n) is 3.38. The summed E-state index contributed by atoms with van der Waals surface area (Å²) >= 11 is 0. The van der Waals surface area contributed by atoms with Crippen molar-refractivity contribution in [3.8, 4) is 5.75 Å². The summed E-state index contributed by atoms with van der Waals surface area (Å²) in [5, 5.41) is 0. The van der Waals surface area contributed by atoms with Crippen molar-refractivity contribution in [2.75, 3.05) is 0 Å². The van der Waals surface area contributed by atoms with Crippen LogP contribution in [-0.2, 0) is 30.5 Å². The predicted molar refractivity (Wildman–Crippen MR) is 123 cm³/mol. The van der Waals surface area contributed by atoms with E-state index in [1.165, 1.54) is 57.4 Å². The van der Waals surface area contributed by atoms with Crippen LogP contribution in [0.1, 0.15) is 84.1 Å². The smallest absolute Gasteiger partial charge is 0.385 e. The largest absolute Gasteiger partial charge is 0.459 e. The summed E-state index contributed by atoms with van der Waals surface area (Å²) in [7, 11) is 0. The van der Waals surface area contributed by atoms with Gasteiger partial charge in [-0.15, -0.1) is 0 Å². The molecule has 6 heteroatoms. The van der Waals surface area contributed by atoms with Gasteiger partial charge in [-0.2, -0.15) is 0 Å². The van der Waals surface area contributed by atoms with E-state index in [1.54, 1.807) is 6.92 Å². The van der Waals surface area contributed by atoms with Gasteiger partial charge in [0.25, 0.3) is 0 Å². The molecule has 0 bridgehead atoms. The first-order valence-corrected chi connectivity index (χ1v) is 11.6. The van der Waals surface area contributed by atoms with Crippen LogP contribution in [0.3, 0.4) is 0 Å². The minimum Gasteiger partial charge on any atom is -0.459 e. The fraction of sp³-hybridized carbons (Fsp3) is 0.538. The van der Waals surface area contributed by atoms with E-state index in [4.69, 9.17) is 9.47 Å². The Kier molecular flexibility index (Phi) is 10.8. The highest BCUT2D eigenvalue weighted by atomic mass is 17.2. The van der Waals surface area contributed by atoms with Gasteiger partial charge in [-0.1, -0.05) is 64.2 Å². The van der Waals surface area contributed by atoms with Crippen molar-refractivity contribution in [3.63, 3.8) is 0 Å². The number of rotatable bonds is 12. The predicted octanol–water partition coefficient (Wildman–Crippen LogP) is 6.35. The second-order valence-electron chi connectivity index (χ2n) is 8.29. The average molecular weight is 445 g/mol. The highest BCUT2D eigenvalue weighted by molar-refractivity contribution is 5.90. The maximum Gasteiger partial charge on any atom is 0.385 e. The molecule has 1 heterocycles. The third kappa shape index (κ3) is 8.77. The lowest BCUT2D eigenvalue weighted by Gasteiger charge is -2.14. The molecule has 1 aliphatic rings. The lowest BCUT2D eigenvalue weighted by molar-refractivity contribution is -0.252. The van der Waals surface area contributed by atoms with E-state index < -0.39 is 18.2 Å². The number of ether oxygens (including phenoxy) is 2. The molecule has 1 aliphatic heterocycles. The minimum absolute atomic E-state index is 0.141. The molecule has 0 radical (unpaired) electrons. The van der Waals surface area contributed by atoms with E-state index >= 15 is 0 Å². The number of carbonyl (C=O) groups is 2. The van der Waals surface area contributed by atoms with Crippen molar-refractivity contribution in [3.05, 3.63) is 53.3 Å². The van der Waals surface area contributed by atoms with Crippen molar-refractivity contribution in [2.24, 2.45) is 0 Å². The van der Waals surface area contributed by atoms with Crippen LogP contribution in [0.5, 0.6) is 5.75 Å². The minimum atomic E-state index is -0.792. The molecule has 1 aromatic rings. The molecule has 0 N–H and O–H groups in total. The van der Waals surface area contributed by atoms with E-state index in [1.807, 2.05) is 12.1 Å². The van der Waals surface area contributed by atoms with Gasteiger partial charge in [0.15, 0.2) is 0 Å². The van der Waals surface area contributed by atoms with Crippen LogP contribution in [0.15, 0.2) is 47.7 Å². The van der Waals surface area contributed by atoms with Gasteiger partial charge in [-0.25, -0.2) is 19.4 Å². The number of carbonyl (C=O) groups excluding carboxylic acids is 2. The van der Waals surface area contributed by atoms with Gasteiger partial charge in [0.2, 0.25) is 6.29 Å². The maximum atomic E-state index is 12.0. The van der Waals surface area contributed by atoms with Gasteiger partial charge < -0.3 is 9.47 Å². The molecule has 32 heavy (non-hydrogen) atoms. The molecule has 0 amide bonds. The summed E-state index contributed by atoms with van der Waals surface area (Å²) in [4.78, 5) is 32.3. The Bertz CT molecular complexity index is 793. The SMILES string of the molecule is C=C(C)C(=O)OOC(=O)/C(C)=C1/CCC(Oc2ccc(CCCCCCCCC)cc2)O1. The monoisotopic (exact) mass is 444 g/mol. The van der Waals surface area contributed by atoms with Gasteiger partial charge in [0.1, 0.15) is 11.5 Å². The molecule has 0 aliphatic carbocycles. The van der Waals surface area contributed by atoms with Gasteiger partial charge in [-0.3, -0.25) is 0 Å². The molecule has 0 spiro atoms. The zero-order valence-electron chi connectivity index (χ0n) is 19.6. The lowest BCUT2D eigenvalue weighted by atomic mass is 10.0. The molecule has 2 rings (SSSR count). The van der Waals surface area contributed by atoms with Crippen LogP contribution in [0, 0.1) is 0 Å².